The number of aliphatic imine (C=N–C) groups is 1. The maximum Gasteiger partial charge on any atom is 0.193 e. The second-order valence-electron chi connectivity index (χ2n) is 7.15. The first-order valence-electron chi connectivity index (χ1n) is 9.96. The zero-order valence-electron chi connectivity index (χ0n) is 17.5. The zero-order chi connectivity index (χ0) is 19.9. The van der Waals surface area contributed by atoms with Crippen LogP contribution >= 0.6 is 0 Å². The third-order valence-corrected chi connectivity index (χ3v) is 5.16. The Morgan fingerprint density at radius 2 is 1.86 bits per heavy atom. The summed E-state index contributed by atoms with van der Waals surface area (Å²) in [6.45, 7) is 9.85. The summed E-state index contributed by atoms with van der Waals surface area (Å²) in [6, 6.07) is 10.4. The monoisotopic (exact) mass is 384 g/mol. The van der Waals surface area contributed by atoms with Crippen LogP contribution in [0, 0.1) is 13.8 Å². The van der Waals surface area contributed by atoms with Gasteiger partial charge < -0.3 is 19.9 Å². The first-order chi connectivity index (χ1) is 13.6. The lowest BCUT2D eigenvalue weighted by atomic mass is 10.2. The van der Waals surface area contributed by atoms with Crippen LogP contribution in [0.5, 0.6) is 5.75 Å². The van der Waals surface area contributed by atoms with E-state index in [0.29, 0.717) is 0 Å². The molecule has 28 heavy (non-hydrogen) atoms. The number of hydrogen-bond donors (Lipinski definition) is 1. The van der Waals surface area contributed by atoms with Crippen LogP contribution in [-0.2, 0) is 6.54 Å². The Balaban J connectivity index is 1.43. The number of hydrogen-bond acceptors (Lipinski definition) is 4. The van der Waals surface area contributed by atoms with Crippen LogP contribution in [0.2, 0.25) is 0 Å². The van der Waals surface area contributed by atoms with Crippen LogP contribution in [0.1, 0.15) is 17.8 Å². The van der Waals surface area contributed by atoms with Crippen molar-refractivity contribution >= 4 is 11.6 Å². The lowest BCUT2D eigenvalue weighted by Crippen LogP contribution is -2.52. The molecule has 2 aromatic rings. The molecule has 152 valence electrons. The Hall–Kier alpha value is -2.70. The van der Waals surface area contributed by atoms with E-state index in [1.165, 1.54) is 11.4 Å². The van der Waals surface area contributed by atoms with Gasteiger partial charge >= 0.3 is 0 Å². The molecule has 0 unspecified atom stereocenters. The second-order valence-corrected chi connectivity index (χ2v) is 7.15. The fraction of sp³-hybridized carbons (Fsp3) is 0.524. The van der Waals surface area contributed by atoms with Gasteiger partial charge in [0.05, 0.1) is 12.8 Å². The Morgan fingerprint density at radius 3 is 2.43 bits per heavy atom. The van der Waals surface area contributed by atoms with E-state index < -0.39 is 0 Å². The largest absolute Gasteiger partial charge is 0.497 e. The fourth-order valence-corrected chi connectivity index (χ4v) is 3.63. The molecule has 1 aromatic heterocycles. The van der Waals surface area contributed by atoms with Gasteiger partial charge in [-0.1, -0.05) is 0 Å². The number of piperazine rings is 1. The van der Waals surface area contributed by atoms with E-state index in [-0.39, 0.29) is 0 Å². The van der Waals surface area contributed by atoms with E-state index in [1.807, 2.05) is 26.1 Å². The van der Waals surface area contributed by atoms with Crippen LogP contribution in [-0.4, -0.2) is 67.5 Å². The van der Waals surface area contributed by atoms with Crippen molar-refractivity contribution in [3.05, 3.63) is 41.7 Å². The number of benzene rings is 1. The van der Waals surface area contributed by atoms with E-state index in [2.05, 4.69) is 55.0 Å². The average molecular weight is 385 g/mol. The van der Waals surface area contributed by atoms with Crippen molar-refractivity contribution in [2.45, 2.75) is 26.8 Å². The lowest BCUT2D eigenvalue weighted by Gasteiger charge is -2.37. The van der Waals surface area contributed by atoms with Gasteiger partial charge in [0.2, 0.25) is 0 Å². The number of methoxy groups -OCH3 is 1. The van der Waals surface area contributed by atoms with Crippen molar-refractivity contribution in [1.29, 1.82) is 0 Å². The molecule has 1 N–H and O–H groups in total. The molecule has 0 atom stereocenters. The van der Waals surface area contributed by atoms with Gasteiger partial charge in [-0.15, -0.1) is 0 Å². The predicted octanol–water partition coefficient (Wildman–Crippen LogP) is 2.30. The van der Waals surface area contributed by atoms with Crippen LogP contribution in [0.3, 0.4) is 0 Å². The fourth-order valence-electron chi connectivity index (χ4n) is 3.63. The van der Waals surface area contributed by atoms with E-state index in [4.69, 9.17) is 4.74 Å². The molecular weight excluding hydrogens is 352 g/mol. The van der Waals surface area contributed by atoms with E-state index in [1.54, 1.807) is 7.11 Å². The summed E-state index contributed by atoms with van der Waals surface area (Å²) >= 11 is 0. The number of anilines is 1. The molecule has 1 aromatic carbocycles. The van der Waals surface area contributed by atoms with Gasteiger partial charge in [0.1, 0.15) is 5.75 Å². The van der Waals surface area contributed by atoms with Crippen LogP contribution in [0.25, 0.3) is 0 Å². The van der Waals surface area contributed by atoms with Crippen molar-refractivity contribution < 1.29 is 4.74 Å². The van der Waals surface area contributed by atoms with Crippen LogP contribution < -0.4 is 15.0 Å². The van der Waals surface area contributed by atoms with Crippen LogP contribution in [0.15, 0.2) is 35.3 Å². The zero-order valence-corrected chi connectivity index (χ0v) is 17.5. The standard InChI is InChI=1S/C21H32N6O/c1-17-16-18(2)27(24-17)11-5-10-23-21(22-3)26-14-12-25(13-15-26)19-6-8-20(28-4)9-7-19/h6-9,16H,5,10-15H2,1-4H3,(H,22,23). The molecule has 0 aliphatic carbocycles. The predicted molar refractivity (Wildman–Crippen MR) is 114 cm³/mol. The number of nitrogens with zero attached hydrogens (tertiary/aromatic N) is 5. The van der Waals surface area contributed by atoms with Gasteiger partial charge in [0.15, 0.2) is 5.96 Å². The highest BCUT2D eigenvalue weighted by Gasteiger charge is 2.19. The molecule has 1 aliphatic heterocycles. The minimum atomic E-state index is 0.893. The van der Waals surface area contributed by atoms with Crippen molar-refractivity contribution in [3.63, 3.8) is 0 Å². The quantitative estimate of drug-likeness (QED) is 0.470. The molecule has 0 amide bonds. The minimum absolute atomic E-state index is 0.893. The smallest absolute Gasteiger partial charge is 0.193 e. The number of nitrogens with one attached hydrogen (secondary N) is 1. The molecule has 3 rings (SSSR count). The van der Waals surface area contributed by atoms with Gasteiger partial charge in [-0.05, 0) is 50.6 Å². The highest BCUT2D eigenvalue weighted by molar-refractivity contribution is 5.80. The molecule has 2 heterocycles. The summed E-state index contributed by atoms with van der Waals surface area (Å²) in [5, 5.41) is 8.02. The first-order valence-corrected chi connectivity index (χ1v) is 9.96. The van der Waals surface area contributed by atoms with E-state index >= 15 is 0 Å². The number of rotatable bonds is 6. The number of aryl methyl sites for hydroxylation is 3. The van der Waals surface area contributed by atoms with Gasteiger partial charge in [0, 0.05) is 57.7 Å². The Morgan fingerprint density at radius 1 is 1.14 bits per heavy atom. The van der Waals surface area contributed by atoms with Crippen molar-refractivity contribution in [2.24, 2.45) is 4.99 Å². The molecule has 7 nitrogen and oxygen atoms in total. The second kappa shape index (κ2) is 9.48. The molecule has 1 saturated heterocycles. The van der Waals surface area contributed by atoms with Gasteiger partial charge in [-0.3, -0.25) is 9.67 Å². The van der Waals surface area contributed by atoms with Gasteiger partial charge in [-0.2, -0.15) is 5.10 Å². The number of ether oxygens (including phenoxy) is 1. The Kier molecular flexibility index (Phi) is 6.79. The summed E-state index contributed by atoms with van der Waals surface area (Å²) in [6.07, 6.45) is 1.02. The lowest BCUT2D eigenvalue weighted by molar-refractivity contribution is 0.371. The molecule has 1 fully saturated rings. The highest BCUT2D eigenvalue weighted by Crippen LogP contribution is 2.20. The van der Waals surface area contributed by atoms with Crippen molar-refractivity contribution in [3.8, 4) is 5.75 Å². The maximum atomic E-state index is 5.25. The summed E-state index contributed by atoms with van der Waals surface area (Å²) in [5.74, 6) is 1.88. The third kappa shape index (κ3) is 4.97. The molecular formula is C21H32N6O. The third-order valence-electron chi connectivity index (χ3n) is 5.16. The Labute approximate surface area is 168 Å². The first kappa shape index (κ1) is 20.0. The normalized spacial score (nSPS) is 15.1. The summed E-state index contributed by atoms with van der Waals surface area (Å²) in [4.78, 5) is 9.22. The van der Waals surface area contributed by atoms with Gasteiger partial charge in [-0.25, -0.2) is 0 Å². The molecule has 0 bridgehead atoms. The van der Waals surface area contributed by atoms with E-state index in [9.17, 15) is 0 Å². The topological polar surface area (TPSA) is 57.9 Å². The maximum absolute atomic E-state index is 5.25. The summed E-state index contributed by atoms with van der Waals surface area (Å²) in [7, 11) is 3.56. The number of guanidine groups is 1. The minimum Gasteiger partial charge on any atom is -0.497 e. The molecule has 0 radical (unpaired) electrons. The molecule has 1 aliphatic rings. The SMILES string of the molecule is CN=C(NCCCn1nc(C)cc1C)N1CCN(c2ccc(OC)cc2)CC1. The Bertz CT molecular complexity index is 775. The molecule has 0 saturated carbocycles. The van der Waals surface area contributed by atoms with Crippen molar-refractivity contribution in [2.75, 3.05) is 51.8 Å². The van der Waals surface area contributed by atoms with Crippen molar-refractivity contribution in [1.82, 2.24) is 20.0 Å². The molecule has 0 spiro atoms. The van der Waals surface area contributed by atoms with E-state index in [0.717, 1.165) is 63.1 Å². The summed E-state index contributed by atoms with van der Waals surface area (Å²) in [5.41, 5.74) is 3.54. The highest BCUT2D eigenvalue weighted by atomic mass is 16.5. The summed E-state index contributed by atoms with van der Waals surface area (Å²) < 4.78 is 7.32. The molecule has 7 heteroatoms. The van der Waals surface area contributed by atoms with Gasteiger partial charge in [0.25, 0.3) is 0 Å². The average Bonchev–Trinajstić information content (AvgIpc) is 3.05. The van der Waals surface area contributed by atoms with Crippen LogP contribution in [0.4, 0.5) is 5.69 Å². The number of aromatic nitrogens is 2.